The largest absolute Gasteiger partial charge is 0.411 e. The fraction of sp³-hybridized carbons (Fsp3) is 0.389. The standard InChI is InChI=1S/C18H19F3N2O2/c19-18(20,21)12-25-11-13-5-7-14(8-6-13)17(24)23-10-2-4-16(23)15-3-1-9-22-15/h1,3,5-9,16,22H,2,4,10-12H2. The van der Waals surface area contributed by atoms with Gasteiger partial charge in [-0.2, -0.15) is 13.2 Å². The first-order valence-electron chi connectivity index (χ1n) is 8.12. The van der Waals surface area contributed by atoms with E-state index >= 15 is 0 Å². The molecule has 1 amide bonds. The first-order chi connectivity index (χ1) is 11.9. The number of nitrogens with one attached hydrogen (secondary N) is 1. The van der Waals surface area contributed by atoms with Crippen molar-refractivity contribution in [1.82, 2.24) is 9.88 Å². The summed E-state index contributed by atoms with van der Waals surface area (Å²) < 4.78 is 40.9. The molecule has 1 unspecified atom stereocenters. The molecule has 1 aliphatic heterocycles. The number of nitrogens with zero attached hydrogens (tertiary/aromatic N) is 1. The van der Waals surface area contributed by atoms with E-state index in [-0.39, 0.29) is 18.6 Å². The summed E-state index contributed by atoms with van der Waals surface area (Å²) in [6.45, 7) is -0.721. The third kappa shape index (κ3) is 4.42. The van der Waals surface area contributed by atoms with Crippen LogP contribution in [0.1, 0.15) is 40.5 Å². The van der Waals surface area contributed by atoms with Gasteiger partial charge in [-0.15, -0.1) is 0 Å². The lowest BCUT2D eigenvalue weighted by atomic mass is 10.1. The molecule has 0 aliphatic carbocycles. The van der Waals surface area contributed by atoms with Crippen LogP contribution >= 0.6 is 0 Å². The Morgan fingerprint density at radius 1 is 1.24 bits per heavy atom. The zero-order valence-electron chi connectivity index (χ0n) is 13.6. The van der Waals surface area contributed by atoms with Gasteiger partial charge in [-0.1, -0.05) is 12.1 Å². The summed E-state index contributed by atoms with van der Waals surface area (Å²) in [6.07, 6.45) is -0.640. The summed E-state index contributed by atoms with van der Waals surface area (Å²) in [5.41, 5.74) is 2.14. The number of ether oxygens (including phenoxy) is 1. The van der Waals surface area contributed by atoms with E-state index in [9.17, 15) is 18.0 Å². The molecule has 1 aliphatic rings. The molecule has 134 valence electrons. The summed E-state index contributed by atoms with van der Waals surface area (Å²) in [5.74, 6) is -0.0696. The average molecular weight is 352 g/mol. The van der Waals surface area contributed by atoms with Gasteiger partial charge < -0.3 is 14.6 Å². The van der Waals surface area contributed by atoms with Gasteiger partial charge in [0, 0.05) is 24.0 Å². The molecule has 7 heteroatoms. The van der Waals surface area contributed by atoms with E-state index in [1.165, 1.54) is 0 Å². The molecule has 1 aromatic heterocycles. The van der Waals surface area contributed by atoms with E-state index in [2.05, 4.69) is 9.72 Å². The number of aromatic amines is 1. The van der Waals surface area contributed by atoms with Crippen LogP contribution in [0, 0.1) is 0 Å². The summed E-state index contributed by atoms with van der Waals surface area (Å²) >= 11 is 0. The highest BCUT2D eigenvalue weighted by molar-refractivity contribution is 5.94. The summed E-state index contributed by atoms with van der Waals surface area (Å²) in [4.78, 5) is 17.7. The Hall–Kier alpha value is -2.28. The molecule has 0 radical (unpaired) electrons. The Labute approximate surface area is 143 Å². The van der Waals surface area contributed by atoms with Crippen molar-refractivity contribution in [2.24, 2.45) is 0 Å². The number of amides is 1. The molecule has 0 bridgehead atoms. The molecule has 0 saturated carbocycles. The lowest BCUT2D eigenvalue weighted by Gasteiger charge is -2.24. The third-order valence-corrected chi connectivity index (χ3v) is 4.23. The zero-order valence-corrected chi connectivity index (χ0v) is 13.6. The topological polar surface area (TPSA) is 45.3 Å². The Balaban J connectivity index is 1.62. The van der Waals surface area contributed by atoms with Crippen molar-refractivity contribution in [3.8, 4) is 0 Å². The molecule has 1 atom stereocenters. The Morgan fingerprint density at radius 3 is 2.64 bits per heavy atom. The highest BCUT2D eigenvalue weighted by atomic mass is 19.4. The third-order valence-electron chi connectivity index (χ3n) is 4.23. The van der Waals surface area contributed by atoms with E-state index in [4.69, 9.17) is 0 Å². The molecule has 1 aromatic carbocycles. The minimum absolute atomic E-state index is 0.0392. The number of hydrogen-bond donors (Lipinski definition) is 1. The summed E-state index contributed by atoms with van der Waals surface area (Å²) in [7, 11) is 0. The van der Waals surface area contributed by atoms with Crippen LogP contribution in [-0.2, 0) is 11.3 Å². The number of likely N-dealkylation sites (tertiary alicyclic amines) is 1. The second-order valence-corrected chi connectivity index (χ2v) is 6.09. The molecule has 1 N–H and O–H groups in total. The van der Waals surface area contributed by atoms with Crippen LogP contribution in [0.3, 0.4) is 0 Å². The van der Waals surface area contributed by atoms with Gasteiger partial charge in [-0.05, 0) is 42.7 Å². The molecule has 2 aromatic rings. The van der Waals surface area contributed by atoms with Gasteiger partial charge in [0.15, 0.2) is 0 Å². The van der Waals surface area contributed by atoms with E-state index in [0.29, 0.717) is 17.7 Å². The number of H-pyrrole nitrogens is 1. The van der Waals surface area contributed by atoms with Crippen LogP contribution in [0.2, 0.25) is 0 Å². The number of rotatable bonds is 5. The summed E-state index contributed by atoms with van der Waals surface area (Å²) in [5, 5.41) is 0. The second-order valence-electron chi connectivity index (χ2n) is 6.09. The first kappa shape index (κ1) is 17.5. The number of halogens is 3. The second kappa shape index (κ2) is 7.31. The van der Waals surface area contributed by atoms with E-state index in [1.54, 1.807) is 24.3 Å². The molecule has 25 heavy (non-hydrogen) atoms. The van der Waals surface area contributed by atoms with Crippen LogP contribution in [-0.4, -0.2) is 35.1 Å². The van der Waals surface area contributed by atoms with E-state index in [0.717, 1.165) is 18.5 Å². The van der Waals surface area contributed by atoms with E-state index in [1.807, 2.05) is 23.2 Å². The minimum atomic E-state index is -4.33. The Kier molecular flexibility index (Phi) is 5.13. The molecule has 0 spiro atoms. The fourth-order valence-electron chi connectivity index (χ4n) is 3.08. The van der Waals surface area contributed by atoms with Crippen molar-refractivity contribution in [1.29, 1.82) is 0 Å². The molecule has 1 saturated heterocycles. The predicted molar refractivity (Wildman–Crippen MR) is 86.0 cm³/mol. The normalized spacial score (nSPS) is 17.9. The van der Waals surface area contributed by atoms with Crippen LogP contribution < -0.4 is 0 Å². The fourth-order valence-corrected chi connectivity index (χ4v) is 3.08. The lowest BCUT2D eigenvalue weighted by molar-refractivity contribution is -0.176. The molecule has 2 heterocycles. The van der Waals surface area contributed by atoms with Gasteiger partial charge in [0.25, 0.3) is 5.91 Å². The molecular formula is C18H19F3N2O2. The SMILES string of the molecule is O=C(c1ccc(COCC(F)(F)F)cc1)N1CCCC1c1ccc[nH]1. The molecule has 1 fully saturated rings. The smallest absolute Gasteiger partial charge is 0.367 e. The van der Waals surface area contributed by atoms with Crippen molar-refractivity contribution < 1.29 is 22.7 Å². The van der Waals surface area contributed by atoms with Crippen LogP contribution in [0.15, 0.2) is 42.6 Å². The highest BCUT2D eigenvalue weighted by Gasteiger charge is 2.31. The van der Waals surface area contributed by atoms with E-state index < -0.39 is 12.8 Å². The lowest BCUT2D eigenvalue weighted by Crippen LogP contribution is -2.30. The summed E-state index contributed by atoms with van der Waals surface area (Å²) in [6, 6.07) is 10.4. The van der Waals surface area contributed by atoms with Gasteiger partial charge in [0.2, 0.25) is 0 Å². The molecule has 4 nitrogen and oxygen atoms in total. The highest BCUT2D eigenvalue weighted by Crippen LogP contribution is 2.32. The van der Waals surface area contributed by atoms with Gasteiger partial charge in [0.05, 0.1) is 12.6 Å². The molecular weight excluding hydrogens is 333 g/mol. The van der Waals surface area contributed by atoms with Crippen molar-refractivity contribution in [2.75, 3.05) is 13.2 Å². The Morgan fingerprint density at radius 2 is 2.00 bits per heavy atom. The van der Waals surface area contributed by atoms with Crippen LogP contribution in [0.25, 0.3) is 0 Å². The maximum atomic E-state index is 12.7. The first-order valence-corrected chi connectivity index (χ1v) is 8.12. The number of carbonyl (C=O) groups excluding carboxylic acids is 1. The Bertz CT molecular complexity index is 696. The van der Waals surface area contributed by atoms with Gasteiger partial charge in [-0.25, -0.2) is 0 Å². The number of aromatic nitrogens is 1. The van der Waals surface area contributed by atoms with Gasteiger partial charge >= 0.3 is 6.18 Å². The van der Waals surface area contributed by atoms with Gasteiger partial charge in [0.1, 0.15) is 6.61 Å². The van der Waals surface area contributed by atoms with Crippen LogP contribution in [0.4, 0.5) is 13.2 Å². The number of carbonyl (C=O) groups is 1. The minimum Gasteiger partial charge on any atom is -0.367 e. The van der Waals surface area contributed by atoms with Gasteiger partial charge in [-0.3, -0.25) is 4.79 Å². The number of hydrogen-bond acceptors (Lipinski definition) is 2. The zero-order chi connectivity index (χ0) is 17.9. The maximum absolute atomic E-state index is 12.7. The van der Waals surface area contributed by atoms with Crippen molar-refractivity contribution in [3.63, 3.8) is 0 Å². The maximum Gasteiger partial charge on any atom is 0.411 e. The van der Waals surface area contributed by atoms with Crippen molar-refractivity contribution in [3.05, 3.63) is 59.4 Å². The quantitative estimate of drug-likeness (QED) is 0.882. The predicted octanol–water partition coefficient (Wildman–Crippen LogP) is 4.07. The monoisotopic (exact) mass is 352 g/mol. The van der Waals surface area contributed by atoms with Crippen molar-refractivity contribution in [2.45, 2.75) is 31.7 Å². The average Bonchev–Trinajstić information content (AvgIpc) is 3.24. The number of alkyl halides is 3. The molecule has 3 rings (SSSR count). The van der Waals surface area contributed by atoms with Crippen molar-refractivity contribution >= 4 is 5.91 Å². The number of benzene rings is 1. The van der Waals surface area contributed by atoms with Crippen LogP contribution in [0.5, 0.6) is 0 Å².